The van der Waals surface area contributed by atoms with Crippen LogP contribution in [-0.4, -0.2) is 0 Å². The fourth-order valence-corrected chi connectivity index (χ4v) is 3.07. The number of benzene rings is 1. The van der Waals surface area contributed by atoms with E-state index in [9.17, 15) is 0 Å². The van der Waals surface area contributed by atoms with E-state index < -0.39 is 0 Å². The monoisotopic (exact) mass is 245 g/mol. The van der Waals surface area contributed by atoms with Crippen LogP contribution >= 0.6 is 0 Å². The van der Waals surface area contributed by atoms with Gasteiger partial charge in [0.2, 0.25) is 0 Å². The Hall–Kier alpha value is -0.820. The van der Waals surface area contributed by atoms with Crippen LogP contribution in [0.1, 0.15) is 76.6 Å². The van der Waals surface area contributed by atoms with Gasteiger partial charge < -0.3 is 5.73 Å². The van der Waals surface area contributed by atoms with Crippen LogP contribution in [0.2, 0.25) is 0 Å². The molecule has 0 saturated carbocycles. The molecule has 1 aliphatic rings. The van der Waals surface area contributed by atoms with Crippen molar-refractivity contribution in [3.05, 3.63) is 34.9 Å². The van der Waals surface area contributed by atoms with E-state index in [0.29, 0.717) is 5.41 Å². The molecule has 0 radical (unpaired) electrons. The molecule has 0 spiro atoms. The molecule has 100 valence electrons. The first-order chi connectivity index (χ1) is 8.28. The Kier molecular flexibility index (Phi) is 3.31. The standard InChI is InChI=1S/C17H27N/c1-6-15(18)12-7-8-13-14(11-12)17(4,5)10-9-16(13,2)3/h7-8,11,15H,6,9-10,18H2,1-5H3/t15-/m1/s1. The highest BCUT2D eigenvalue weighted by atomic mass is 14.6. The summed E-state index contributed by atoms with van der Waals surface area (Å²) in [4.78, 5) is 0. The summed E-state index contributed by atoms with van der Waals surface area (Å²) in [6.45, 7) is 11.6. The van der Waals surface area contributed by atoms with E-state index >= 15 is 0 Å². The molecule has 2 rings (SSSR count). The van der Waals surface area contributed by atoms with E-state index in [2.05, 4.69) is 52.8 Å². The highest BCUT2D eigenvalue weighted by Gasteiger charge is 2.37. The summed E-state index contributed by atoms with van der Waals surface area (Å²) in [7, 11) is 0. The Bertz CT molecular complexity index is 443. The summed E-state index contributed by atoms with van der Waals surface area (Å²) in [5.74, 6) is 0. The first-order valence-electron chi connectivity index (χ1n) is 7.18. The molecule has 0 aliphatic heterocycles. The van der Waals surface area contributed by atoms with E-state index in [1.807, 2.05) is 0 Å². The van der Waals surface area contributed by atoms with Gasteiger partial charge in [-0.15, -0.1) is 0 Å². The Morgan fingerprint density at radius 1 is 1.06 bits per heavy atom. The van der Waals surface area contributed by atoms with Crippen LogP contribution in [0.5, 0.6) is 0 Å². The minimum absolute atomic E-state index is 0.177. The van der Waals surface area contributed by atoms with Crippen molar-refractivity contribution in [1.82, 2.24) is 0 Å². The molecule has 1 atom stereocenters. The minimum Gasteiger partial charge on any atom is -0.324 e. The number of rotatable bonds is 2. The maximum absolute atomic E-state index is 6.18. The Morgan fingerprint density at radius 3 is 2.17 bits per heavy atom. The number of fused-ring (bicyclic) bond motifs is 1. The third kappa shape index (κ3) is 2.21. The molecule has 0 unspecified atom stereocenters. The first-order valence-corrected chi connectivity index (χ1v) is 7.18. The van der Waals surface area contributed by atoms with E-state index in [1.165, 1.54) is 29.5 Å². The summed E-state index contributed by atoms with van der Waals surface area (Å²) in [5.41, 5.74) is 11.1. The fourth-order valence-electron chi connectivity index (χ4n) is 3.07. The van der Waals surface area contributed by atoms with Crippen molar-refractivity contribution >= 4 is 0 Å². The van der Waals surface area contributed by atoms with E-state index in [0.717, 1.165) is 6.42 Å². The van der Waals surface area contributed by atoms with Crippen molar-refractivity contribution in [3.63, 3.8) is 0 Å². The summed E-state index contributed by atoms with van der Waals surface area (Å²) >= 11 is 0. The van der Waals surface area contributed by atoms with Crippen molar-refractivity contribution < 1.29 is 0 Å². The summed E-state index contributed by atoms with van der Waals surface area (Å²) < 4.78 is 0. The second kappa shape index (κ2) is 4.38. The zero-order valence-corrected chi connectivity index (χ0v) is 12.5. The molecule has 2 N–H and O–H groups in total. The molecule has 0 amide bonds. The molecule has 1 nitrogen and oxygen atoms in total. The minimum atomic E-state index is 0.177. The Morgan fingerprint density at radius 2 is 1.61 bits per heavy atom. The van der Waals surface area contributed by atoms with Crippen molar-refractivity contribution in [2.24, 2.45) is 5.73 Å². The molecule has 0 heterocycles. The summed E-state index contributed by atoms with van der Waals surface area (Å²) in [6, 6.07) is 7.10. The largest absolute Gasteiger partial charge is 0.324 e. The van der Waals surface area contributed by atoms with Gasteiger partial charge in [-0.25, -0.2) is 0 Å². The van der Waals surface area contributed by atoms with E-state index in [4.69, 9.17) is 5.73 Å². The van der Waals surface area contributed by atoms with Crippen molar-refractivity contribution in [3.8, 4) is 0 Å². The maximum Gasteiger partial charge on any atom is 0.0292 e. The van der Waals surface area contributed by atoms with Crippen LogP contribution in [0, 0.1) is 0 Å². The van der Waals surface area contributed by atoms with Crippen LogP contribution in [0.4, 0.5) is 0 Å². The van der Waals surface area contributed by atoms with Gasteiger partial charge in [-0.05, 0) is 46.8 Å². The van der Waals surface area contributed by atoms with Gasteiger partial charge in [0.1, 0.15) is 0 Å². The van der Waals surface area contributed by atoms with Crippen LogP contribution in [-0.2, 0) is 10.8 Å². The van der Waals surface area contributed by atoms with Gasteiger partial charge in [-0.1, -0.05) is 52.8 Å². The summed E-state index contributed by atoms with van der Waals surface area (Å²) in [5, 5.41) is 0. The lowest BCUT2D eigenvalue weighted by molar-refractivity contribution is 0.331. The van der Waals surface area contributed by atoms with Gasteiger partial charge in [0.15, 0.2) is 0 Å². The fraction of sp³-hybridized carbons (Fsp3) is 0.647. The molecule has 1 heteroatoms. The zero-order chi connectivity index (χ0) is 13.6. The second-order valence-corrected chi connectivity index (χ2v) is 7.09. The van der Waals surface area contributed by atoms with E-state index in [1.54, 1.807) is 0 Å². The van der Waals surface area contributed by atoms with Gasteiger partial charge >= 0.3 is 0 Å². The third-order valence-electron chi connectivity index (χ3n) is 4.74. The topological polar surface area (TPSA) is 26.0 Å². The molecule has 0 bridgehead atoms. The van der Waals surface area contributed by atoms with E-state index in [-0.39, 0.29) is 11.5 Å². The maximum atomic E-state index is 6.18. The predicted octanol–water partition coefficient (Wildman–Crippen LogP) is 4.45. The van der Waals surface area contributed by atoms with Crippen molar-refractivity contribution in [2.75, 3.05) is 0 Å². The van der Waals surface area contributed by atoms with Gasteiger partial charge in [0, 0.05) is 6.04 Å². The van der Waals surface area contributed by atoms with Gasteiger partial charge in [0.25, 0.3) is 0 Å². The predicted molar refractivity (Wildman–Crippen MR) is 78.9 cm³/mol. The lowest BCUT2D eigenvalue weighted by Gasteiger charge is -2.42. The van der Waals surface area contributed by atoms with Gasteiger partial charge in [0.05, 0.1) is 0 Å². The van der Waals surface area contributed by atoms with Crippen LogP contribution in [0.25, 0.3) is 0 Å². The summed E-state index contributed by atoms with van der Waals surface area (Å²) in [6.07, 6.45) is 3.53. The highest BCUT2D eigenvalue weighted by molar-refractivity contribution is 5.44. The average molecular weight is 245 g/mol. The molecule has 0 saturated heterocycles. The number of nitrogens with two attached hydrogens (primary N) is 1. The van der Waals surface area contributed by atoms with Crippen molar-refractivity contribution in [1.29, 1.82) is 0 Å². The van der Waals surface area contributed by atoms with Gasteiger partial charge in [-0.2, -0.15) is 0 Å². The lowest BCUT2D eigenvalue weighted by Crippen LogP contribution is -2.34. The lowest BCUT2D eigenvalue weighted by atomic mass is 9.63. The molecular formula is C17H27N. The van der Waals surface area contributed by atoms with Crippen LogP contribution in [0.15, 0.2) is 18.2 Å². The number of hydrogen-bond donors (Lipinski definition) is 1. The Labute approximate surface area is 112 Å². The van der Waals surface area contributed by atoms with Crippen LogP contribution < -0.4 is 5.73 Å². The molecule has 1 aliphatic carbocycles. The normalized spacial score (nSPS) is 22.3. The first kappa shape index (κ1) is 13.6. The SMILES string of the molecule is CC[C@@H](N)c1ccc2c(c1)C(C)(C)CCC2(C)C. The molecule has 1 aromatic rings. The second-order valence-electron chi connectivity index (χ2n) is 7.09. The average Bonchev–Trinajstić information content (AvgIpc) is 2.34. The quantitative estimate of drug-likeness (QED) is 0.818. The smallest absolute Gasteiger partial charge is 0.0292 e. The molecule has 1 aromatic carbocycles. The number of hydrogen-bond acceptors (Lipinski definition) is 1. The molecule has 0 fully saturated rings. The Balaban J connectivity index is 2.55. The molecular weight excluding hydrogens is 218 g/mol. The van der Waals surface area contributed by atoms with Crippen LogP contribution in [0.3, 0.4) is 0 Å². The molecule has 0 aromatic heterocycles. The zero-order valence-electron chi connectivity index (χ0n) is 12.5. The van der Waals surface area contributed by atoms with Crippen molar-refractivity contribution in [2.45, 2.75) is 70.8 Å². The van der Waals surface area contributed by atoms with Gasteiger partial charge in [-0.3, -0.25) is 0 Å². The molecule has 18 heavy (non-hydrogen) atoms. The third-order valence-corrected chi connectivity index (χ3v) is 4.74. The highest BCUT2D eigenvalue weighted by Crippen LogP contribution is 2.46.